The monoisotopic (exact) mass is 479 g/mol. The Labute approximate surface area is 193 Å². The number of aliphatic hydroxyl groups excluding tert-OH is 1. The van der Waals surface area contributed by atoms with Crippen LogP contribution in [-0.4, -0.2) is 54.7 Å². The van der Waals surface area contributed by atoms with E-state index in [1.807, 2.05) is 11.4 Å². The first-order valence-corrected chi connectivity index (χ1v) is 10.8. The largest absolute Gasteiger partial charge is 0.487 e. The van der Waals surface area contributed by atoms with Crippen molar-refractivity contribution in [1.29, 1.82) is 0 Å². The van der Waals surface area contributed by atoms with Crippen LogP contribution < -0.4 is 20.7 Å². The van der Waals surface area contributed by atoms with Crippen molar-refractivity contribution in [3.63, 3.8) is 0 Å². The molecular formula is C23H24F3N3O5. The standard InChI is InChI=1S/C23H24F3N3O5/c24-23(25,26)12-27-20(31)10-15-9-17-16-8-14(29-22(32)28-13-4-2-1-3-5-13)6-7-18(16)34-21(17)19(11-30)33-15/h1-8,15,17,19,21,30H,9-12H2,(H,27,31)(H2,28,29,32)/t15-,17-,19+,21+/m1/s1. The molecule has 0 saturated carbocycles. The minimum absolute atomic E-state index is 0.264. The number of carbonyl (C=O) groups is 2. The van der Waals surface area contributed by atoms with E-state index in [9.17, 15) is 27.9 Å². The molecule has 0 unspecified atom stereocenters. The molecule has 0 aliphatic carbocycles. The maximum absolute atomic E-state index is 12.4. The number of anilines is 2. The summed E-state index contributed by atoms with van der Waals surface area (Å²) in [4.78, 5) is 24.3. The Kier molecular flexibility index (Phi) is 6.94. The lowest BCUT2D eigenvalue weighted by molar-refractivity contribution is -0.149. The van der Waals surface area contributed by atoms with Crippen molar-refractivity contribution in [2.45, 2.75) is 43.2 Å². The van der Waals surface area contributed by atoms with E-state index in [0.717, 1.165) is 5.56 Å². The predicted molar refractivity (Wildman–Crippen MR) is 117 cm³/mol. The van der Waals surface area contributed by atoms with Crippen LogP contribution in [0.4, 0.5) is 29.3 Å². The number of carbonyl (C=O) groups excluding carboxylic acids is 2. The Balaban J connectivity index is 1.43. The number of rotatable bonds is 6. The molecule has 0 radical (unpaired) electrons. The van der Waals surface area contributed by atoms with Gasteiger partial charge in [-0.15, -0.1) is 0 Å². The van der Waals surface area contributed by atoms with Crippen LogP contribution in [0.3, 0.4) is 0 Å². The summed E-state index contributed by atoms with van der Waals surface area (Å²) in [6, 6.07) is 13.6. The molecule has 182 valence electrons. The lowest BCUT2D eigenvalue weighted by atomic mass is 9.84. The normalized spacial score (nSPS) is 23.3. The molecule has 1 fully saturated rings. The number of alkyl halides is 3. The van der Waals surface area contributed by atoms with Gasteiger partial charge in [-0.3, -0.25) is 4.79 Å². The van der Waals surface area contributed by atoms with Crippen molar-refractivity contribution in [3.8, 4) is 5.75 Å². The van der Waals surface area contributed by atoms with Gasteiger partial charge in [-0.2, -0.15) is 13.2 Å². The first kappa shape index (κ1) is 23.8. The Morgan fingerprint density at radius 2 is 1.79 bits per heavy atom. The number of urea groups is 1. The van der Waals surface area contributed by atoms with E-state index in [-0.39, 0.29) is 18.9 Å². The zero-order chi connectivity index (χ0) is 24.3. The van der Waals surface area contributed by atoms with Crippen LogP contribution in [0, 0.1) is 0 Å². The van der Waals surface area contributed by atoms with Crippen LogP contribution >= 0.6 is 0 Å². The summed E-state index contributed by atoms with van der Waals surface area (Å²) in [7, 11) is 0. The molecule has 2 aromatic rings. The summed E-state index contributed by atoms with van der Waals surface area (Å²) in [6.45, 7) is -1.79. The number of para-hydroxylation sites is 1. The van der Waals surface area contributed by atoms with E-state index in [4.69, 9.17) is 9.47 Å². The molecule has 8 nitrogen and oxygen atoms in total. The lowest BCUT2D eigenvalue weighted by Crippen LogP contribution is -2.47. The summed E-state index contributed by atoms with van der Waals surface area (Å²) < 4.78 is 48.8. The number of hydrogen-bond acceptors (Lipinski definition) is 5. The fourth-order valence-electron chi connectivity index (χ4n) is 4.26. The van der Waals surface area contributed by atoms with Crippen molar-refractivity contribution in [2.75, 3.05) is 23.8 Å². The Morgan fingerprint density at radius 3 is 2.50 bits per heavy atom. The summed E-state index contributed by atoms with van der Waals surface area (Å²) in [6.07, 6.45) is -6.42. The summed E-state index contributed by atoms with van der Waals surface area (Å²) in [5.74, 6) is -0.488. The maximum atomic E-state index is 12.4. The first-order valence-electron chi connectivity index (χ1n) is 10.8. The van der Waals surface area contributed by atoms with Crippen LogP contribution in [0.2, 0.25) is 0 Å². The number of benzene rings is 2. The molecule has 0 spiro atoms. The number of nitrogens with one attached hydrogen (secondary N) is 3. The Hall–Kier alpha value is -3.31. The summed E-state index contributed by atoms with van der Waals surface area (Å²) in [5.41, 5.74) is 1.92. The first-order chi connectivity index (χ1) is 16.2. The van der Waals surface area contributed by atoms with E-state index in [1.165, 1.54) is 0 Å². The quantitative estimate of drug-likeness (QED) is 0.508. The Bertz CT molecular complexity index is 1030. The molecular weight excluding hydrogens is 455 g/mol. The van der Waals surface area contributed by atoms with E-state index in [2.05, 4.69) is 10.6 Å². The van der Waals surface area contributed by atoms with Crippen LogP contribution in [0.25, 0.3) is 0 Å². The topological polar surface area (TPSA) is 109 Å². The van der Waals surface area contributed by atoms with E-state index in [1.54, 1.807) is 42.5 Å². The molecule has 4 N–H and O–H groups in total. The van der Waals surface area contributed by atoms with Gasteiger partial charge in [0.2, 0.25) is 5.91 Å². The van der Waals surface area contributed by atoms with Crippen molar-refractivity contribution >= 4 is 23.3 Å². The van der Waals surface area contributed by atoms with Gasteiger partial charge in [-0.25, -0.2) is 4.79 Å². The SMILES string of the molecule is O=C(C[C@H]1C[C@@H]2c3cc(NC(=O)Nc4ccccc4)ccc3O[C@@H]2[C@H](CO)O1)NCC(F)(F)F. The second-order valence-electron chi connectivity index (χ2n) is 8.20. The zero-order valence-electron chi connectivity index (χ0n) is 18.0. The highest BCUT2D eigenvalue weighted by atomic mass is 19.4. The van der Waals surface area contributed by atoms with E-state index >= 15 is 0 Å². The molecule has 2 heterocycles. The number of hydrogen-bond donors (Lipinski definition) is 4. The fraction of sp³-hybridized carbons (Fsp3) is 0.391. The third-order valence-corrected chi connectivity index (χ3v) is 5.69. The number of fused-ring (bicyclic) bond motifs is 3. The smallest absolute Gasteiger partial charge is 0.405 e. The van der Waals surface area contributed by atoms with Gasteiger partial charge < -0.3 is 30.5 Å². The average Bonchev–Trinajstić information content (AvgIpc) is 3.15. The molecule has 4 atom stereocenters. The van der Waals surface area contributed by atoms with Crippen LogP contribution in [0.1, 0.15) is 24.3 Å². The fourth-order valence-corrected chi connectivity index (χ4v) is 4.26. The molecule has 0 bridgehead atoms. The van der Waals surface area contributed by atoms with Crippen molar-refractivity contribution < 1.29 is 37.3 Å². The second kappa shape index (κ2) is 9.90. The van der Waals surface area contributed by atoms with Crippen molar-refractivity contribution in [1.82, 2.24) is 5.32 Å². The average molecular weight is 479 g/mol. The molecule has 0 aromatic heterocycles. The molecule has 2 aliphatic heterocycles. The molecule has 4 rings (SSSR count). The minimum atomic E-state index is -4.50. The van der Waals surface area contributed by atoms with E-state index < -0.39 is 43.0 Å². The van der Waals surface area contributed by atoms with Gasteiger partial charge in [-0.1, -0.05) is 18.2 Å². The predicted octanol–water partition coefficient (Wildman–Crippen LogP) is 3.39. The van der Waals surface area contributed by atoms with Crippen LogP contribution in [0.5, 0.6) is 5.75 Å². The van der Waals surface area contributed by atoms with Crippen LogP contribution in [0.15, 0.2) is 48.5 Å². The third kappa shape index (κ3) is 5.78. The van der Waals surface area contributed by atoms with Gasteiger partial charge >= 0.3 is 12.2 Å². The number of amides is 3. The number of halogens is 3. The molecule has 11 heteroatoms. The highest BCUT2D eigenvalue weighted by molar-refractivity contribution is 5.99. The second-order valence-corrected chi connectivity index (χ2v) is 8.20. The van der Waals surface area contributed by atoms with Gasteiger partial charge in [0.1, 0.15) is 24.5 Å². The van der Waals surface area contributed by atoms with Gasteiger partial charge in [0.05, 0.1) is 19.1 Å². The molecule has 1 saturated heterocycles. The summed E-state index contributed by atoms with van der Waals surface area (Å²) >= 11 is 0. The Morgan fingerprint density at radius 1 is 1.06 bits per heavy atom. The number of ether oxygens (including phenoxy) is 2. The highest BCUT2D eigenvalue weighted by Crippen LogP contribution is 2.47. The highest BCUT2D eigenvalue weighted by Gasteiger charge is 2.46. The van der Waals surface area contributed by atoms with Crippen molar-refractivity contribution in [2.24, 2.45) is 0 Å². The molecule has 34 heavy (non-hydrogen) atoms. The maximum Gasteiger partial charge on any atom is 0.405 e. The third-order valence-electron chi connectivity index (χ3n) is 5.69. The lowest BCUT2D eigenvalue weighted by Gasteiger charge is -2.37. The number of aliphatic hydroxyl groups is 1. The zero-order valence-corrected chi connectivity index (χ0v) is 18.0. The van der Waals surface area contributed by atoms with Crippen molar-refractivity contribution in [3.05, 3.63) is 54.1 Å². The minimum Gasteiger partial charge on any atom is -0.487 e. The molecule has 2 aliphatic rings. The summed E-state index contributed by atoms with van der Waals surface area (Å²) in [5, 5.41) is 17.1. The van der Waals surface area contributed by atoms with E-state index in [0.29, 0.717) is 23.5 Å². The van der Waals surface area contributed by atoms with Gasteiger partial charge in [0.25, 0.3) is 0 Å². The van der Waals surface area contributed by atoms with Gasteiger partial charge in [0, 0.05) is 22.9 Å². The molecule has 3 amide bonds. The molecule has 2 aromatic carbocycles. The van der Waals surface area contributed by atoms with Crippen LogP contribution in [-0.2, 0) is 9.53 Å². The van der Waals surface area contributed by atoms with Gasteiger partial charge in [0.15, 0.2) is 0 Å². The van der Waals surface area contributed by atoms with Gasteiger partial charge in [-0.05, 0) is 36.8 Å².